The number of rotatable bonds is 10. The molecule has 0 fully saturated rings. The molecule has 1 aromatic heterocycles. The second-order valence-corrected chi connectivity index (χ2v) is 6.46. The van der Waals surface area contributed by atoms with Gasteiger partial charge in [0.25, 0.3) is 0 Å². The summed E-state index contributed by atoms with van der Waals surface area (Å²) < 4.78 is 0. The molecule has 1 atom stereocenters. The van der Waals surface area contributed by atoms with Gasteiger partial charge in [0, 0.05) is 25.3 Å². The molecular formula is C22H33N5. The quantitative estimate of drug-likeness (QED) is 0.500. The Hall–Kier alpha value is -2.40. The predicted molar refractivity (Wildman–Crippen MR) is 114 cm³/mol. The van der Waals surface area contributed by atoms with Crippen molar-refractivity contribution in [1.29, 1.82) is 0 Å². The second kappa shape index (κ2) is 12.1. The third-order valence-electron chi connectivity index (χ3n) is 4.62. The largest absolute Gasteiger partial charge is 0.357 e. The summed E-state index contributed by atoms with van der Waals surface area (Å²) in [7, 11) is 0. The van der Waals surface area contributed by atoms with Gasteiger partial charge >= 0.3 is 0 Å². The van der Waals surface area contributed by atoms with E-state index in [1.165, 1.54) is 5.56 Å². The van der Waals surface area contributed by atoms with E-state index < -0.39 is 0 Å². The molecule has 0 spiro atoms. The van der Waals surface area contributed by atoms with Gasteiger partial charge in [0.1, 0.15) is 0 Å². The fraction of sp³-hybridized carbons (Fsp3) is 0.455. The van der Waals surface area contributed by atoms with Gasteiger partial charge in [-0.25, -0.2) is 4.99 Å². The average molecular weight is 368 g/mol. The first kappa shape index (κ1) is 20.9. The Labute approximate surface area is 163 Å². The number of likely N-dealkylation sites (N-methyl/N-ethyl adjacent to an activating group) is 1. The molecule has 5 nitrogen and oxygen atoms in total. The van der Waals surface area contributed by atoms with Gasteiger partial charge < -0.3 is 10.6 Å². The van der Waals surface area contributed by atoms with Crippen molar-refractivity contribution in [2.24, 2.45) is 4.99 Å². The molecule has 1 unspecified atom stereocenters. The van der Waals surface area contributed by atoms with Crippen LogP contribution in [0.3, 0.4) is 0 Å². The molecular weight excluding hydrogens is 334 g/mol. The highest BCUT2D eigenvalue weighted by Gasteiger charge is 2.16. The monoisotopic (exact) mass is 367 g/mol. The van der Waals surface area contributed by atoms with E-state index >= 15 is 0 Å². The molecule has 1 heterocycles. The van der Waals surface area contributed by atoms with Crippen molar-refractivity contribution in [3.05, 3.63) is 66.0 Å². The van der Waals surface area contributed by atoms with Crippen LogP contribution in [-0.4, -0.2) is 48.1 Å². The number of guanidine groups is 1. The van der Waals surface area contributed by atoms with Crippen molar-refractivity contribution < 1.29 is 0 Å². The highest BCUT2D eigenvalue weighted by atomic mass is 15.2. The van der Waals surface area contributed by atoms with Gasteiger partial charge in [-0.05, 0) is 44.1 Å². The Kier molecular flexibility index (Phi) is 9.35. The number of nitrogens with zero attached hydrogens (tertiary/aromatic N) is 3. The molecule has 1 aromatic carbocycles. The van der Waals surface area contributed by atoms with Crippen molar-refractivity contribution in [1.82, 2.24) is 20.5 Å². The van der Waals surface area contributed by atoms with Crippen molar-refractivity contribution in [3.63, 3.8) is 0 Å². The number of pyridine rings is 1. The molecule has 0 amide bonds. The summed E-state index contributed by atoms with van der Waals surface area (Å²) in [6.45, 7) is 10.9. The first-order valence-corrected chi connectivity index (χ1v) is 9.96. The molecule has 0 aliphatic carbocycles. The van der Waals surface area contributed by atoms with E-state index in [9.17, 15) is 0 Å². The van der Waals surface area contributed by atoms with E-state index in [1.807, 2.05) is 24.4 Å². The standard InChI is InChI=1S/C22H33N5/c1-4-23-22(25-17-20-14-10-11-15-24-20)26-18-21(27(5-2)6-3)16-19-12-8-7-9-13-19/h7-15,21H,4-6,16-18H2,1-3H3,(H2,23,25,26). The average Bonchev–Trinajstić information content (AvgIpc) is 2.72. The highest BCUT2D eigenvalue weighted by Crippen LogP contribution is 2.08. The van der Waals surface area contributed by atoms with Gasteiger partial charge in [-0.15, -0.1) is 0 Å². The molecule has 5 heteroatoms. The third-order valence-corrected chi connectivity index (χ3v) is 4.62. The van der Waals surface area contributed by atoms with E-state index in [0.717, 1.165) is 44.3 Å². The molecule has 0 radical (unpaired) electrons. The summed E-state index contributed by atoms with van der Waals surface area (Å²) in [4.78, 5) is 11.5. The number of hydrogen-bond donors (Lipinski definition) is 2. The maximum Gasteiger partial charge on any atom is 0.191 e. The van der Waals surface area contributed by atoms with Gasteiger partial charge in [0.15, 0.2) is 5.96 Å². The van der Waals surface area contributed by atoms with E-state index in [2.05, 4.69) is 76.6 Å². The van der Waals surface area contributed by atoms with Crippen LogP contribution in [0.2, 0.25) is 0 Å². The normalized spacial score (nSPS) is 12.8. The number of aliphatic imine (C=N–C) groups is 1. The molecule has 0 saturated carbocycles. The molecule has 2 N–H and O–H groups in total. The van der Waals surface area contributed by atoms with Crippen molar-refractivity contribution in [2.45, 2.75) is 39.8 Å². The van der Waals surface area contributed by atoms with Gasteiger partial charge in [0.2, 0.25) is 0 Å². The molecule has 27 heavy (non-hydrogen) atoms. The van der Waals surface area contributed by atoms with Crippen LogP contribution in [0.5, 0.6) is 0 Å². The maximum atomic E-state index is 4.69. The summed E-state index contributed by atoms with van der Waals surface area (Å²) in [6.07, 6.45) is 2.83. The minimum Gasteiger partial charge on any atom is -0.357 e. The zero-order valence-electron chi connectivity index (χ0n) is 16.9. The first-order valence-electron chi connectivity index (χ1n) is 9.96. The summed E-state index contributed by atoms with van der Waals surface area (Å²) in [5, 5.41) is 6.87. The van der Waals surface area contributed by atoms with Crippen molar-refractivity contribution >= 4 is 5.96 Å². The first-order chi connectivity index (χ1) is 13.3. The van der Waals surface area contributed by atoms with E-state index in [4.69, 9.17) is 0 Å². The van der Waals surface area contributed by atoms with Crippen LogP contribution in [0.25, 0.3) is 0 Å². The highest BCUT2D eigenvalue weighted by molar-refractivity contribution is 5.79. The van der Waals surface area contributed by atoms with Crippen molar-refractivity contribution in [3.8, 4) is 0 Å². The second-order valence-electron chi connectivity index (χ2n) is 6.46. The van der Waals surface area contributed by atoms with Gasteiger partial charge in [-0.3, -0.25) is 9.88 Å². The SMILES string of the molecule is CCNC(=NCc1ccccn1)NCC(Cc1ccccc1)N(CC)CC. The Balaban J connectivity index is 2.02. The molecule has 2 rings (SSSR count). The van der Waals surface area contributed by atoms with Crippen LogP contribution in [0.1, 0.15) is 32.0 Å². The molecule has 0 aliphatic heterocycles. The molecule has 146 valence electrons. The fourth-order valence-corrected chi connectivity index (χ4v) is 3.16. The van der Waals surface area contributed by atoms with Gasteiger partial charge in [-0.2, -0.15) is 0 Å². The van der Waals surface area contributed by atoms with Crippen LogP contribution in [0.4, 0.5) is 0 Å². The van der Waals surface area contributed by atoms with Gasteiger partial charge in [0.05, 0.1) is 12.2 Å². The van der Waals surface area contributed by atoms with Crippen LogP contribution in [0.15, 0.2) is 59.7 Å². The minimum absolute atomic E-state index is 0.418. The number of nitrogens with one attached hydrogen (secondary N) is 2. The Morgan fingerprint density at radius 1 is 1.00 bits per heavy atom. The van der Waals surface area contributed by atoms with Crippen LogP contribution in [-0.2, 0) is 13.0 Å². The maximum absolute atomic E-state index is 4.69. The van der Waals surface area contributed by atoms with Crippen LogP contribution >= 0.6 is 0 Å². The Morgan fingerprint density at radius 2 is 1.74 bits per heavy atom. The van der Waals surface area contributed by atoms with E-state index in [0.29, 0.717) is 12.6 Å². The van der Waals surface area contributed by atoms with Crippen molar-refractivity contribution in [2.75, 3.05) is 26.2 Å². The predicted octanol–water partition coefficient (Wildman–Crippen LogP) is 3.09. The smallest absolute Gasteiger partial charge is 0.191 e. The number of benzene rings is 1. The summed E-state index contributed by atoms with van der Waals surface area (Å²) in [5.41, 5.74) is 2.34. The lowest BCUT2D eigenvalue weighted by Crippen LogP contribution is -2.48. The molecule has 0 bridgehead atoms. The topological polar surface area (TPSA) is 52.6 Å². The molecule has 2 aromatic rings. The van der Waals surface area contributed by atoms with Crippen LogP contribution in [0, 0.1) is 0 Å². The Bertz CT molecular complexity index is 653. The molecule has 0 saturated heterocycles. The summed E-state index contributed by atoms with van der Waals surface area (Å²) >= 11 is 0. The lowest BCUT2D eigenvalue weighted by Gasteiger charge is -2.30. The number of hydrogen-bond acceptors (Lipinski definition) is 3. The number of aromatic nitrogens is 1. The lowest BCUT2D eigenvalue weighted by molar-refractivity contribution is 0.215. The molecule has 0 aliphatic rings. The Morgan fingerprint density at radius 3 is 2.37 bits per heavy atom. The zero-order chi connectivity index (χ0) is 19.3. The van der Waals surface area contributed by atoms with E-state index in [-0.39, 0.29) is 0 Å². The van der Waals surface area contributed by atoms with E-state index in [1.54, 1.807) is 0 Å². The minimum atomic E-state index is 0.418. The van der Waals surface area contributed by atoms with Crippen LogP contribution < -0.4 is 10.6 Å². The summed E-state index contributed by atoms with van der Waals surface area (Å²) in [6, 6.07) is 17.0. The third kappa shape index (κ3) is 7.39. The summed E-state index contributed by atoms with van der Waals surface area (Å²) in [5.74, 6) is 0.841. The fourth-order valence-electron chi connectivity index (χ4n) is 3.16. The van der Waals surface area contributed by atoms with Gasteiger partial charge in [-0.1, -0.05) is 50.2 Å². The lowest BCUT2D eigenvalue weighted by atomic mass is 10.0. The zero-order valence-corrected chi connectivity index (χ0v) is 16.9.